The fourth-order valence-corrected chi connectivity index (χ4v) is 1.53. The standard InChI is InChI=1S/C12H19NO/c1-5-13-12(8-9(2)3)11-6-7-14-10(11)4/h6-8,12-13H,5H2,1-4H3. The molecule has 1 heterocycles. The largest absolute Gasteiger partial charge is 0.469 e. The molecule has 78 valence electrons. The molecule has 1 N–H and O–H groups in total. The van der Waals surface area contributed by atoms with Crippen LogP contribution >= 0.6 is 0 Å². The van der Waals surface area contributed by atoms with Crippen molar-refractivity contribution < 1.29 is 4.42 Å². The Balaban J connectivity index is 2.88. The Morgan fingerprint density at radius 3 is 2.71 bits per heavy atom. The number of rotatable bonds is 4. The molecule has 1 unspecified atom stereocenters. The van der Waals surface area contributed by atoms with Crippen molar-refractivity contribution in [2.45, 2.75) is 33.7 Å². The molecule has 0 aliphatic rings. The maximum absolute atomic E-state index is 5.30. The summed E-state index contributed by atoms with van der Waals surface area (Å²) in [7, 11) is 0. The lowest BCUT2D eigenvalue weighted by molar-refractivity contribution is 0.521. The highest BCUT2D eigenvalue weighted by atomic mass is 16.3. The molecular formula is C12H19NO. The van der Waals surface area contributed by atoms with Gasteiger partial charge in [-0.15, -0.1) is 0 Å². The molecule has 0 aliphatic heterocycles. The molecule has 1 atom stereocenters. The maximum atomic E-state index is 5.30. The average molecular weight is 193 g/mol. The molecule has 0 saturated heterocycles. The van der Waals surface area contributed by atoms with E-state index in [0.717, 1.165) is 12.3 Å². The van der Waals surface area contributed by atoms with Crippen molar-refractivity contribution in [2.24, 2.45) is 0 Å². The number of hydrogen-bond donors (Lipinski definition) is 1. The number of furan rings is 1. The first kappa shape index (κ1) is 11.1. The smallest absolute Gasteiger partial charge is 0.105 e. The molecule has 0 saturated carbocycles. The lowest BCUT2D eigenvalue weighted by atomic mass is 10.1. The third-order valence-electron chi connectivity index (χ3n) is 2.16. The molecule has 14 heavy (non-hydrogen) atoms. The SMILES string of the molecule is CCNC(C=C(C)C)c1ccoc1C. The first-order chi connectivity index (χ1) is 6.65. The molecule has 0 amide bonds. The Bertz CT molecular complexity index is 308. The van der Waals surface area contributed by atoms with Gasteiger partial charge < -0.3 is 9.73 Å². The van der Waals surface area contributed by atoms with E-state index in [1.54, 1.807) is 6.26 Å². The second kappa shape index (κ2) is 5.01. The molecule has 1 aromatic heterocycles. The summed E-state index contributed by atoms with van der Waals surface area (Å²) >= 11 is 0. The topological polar surface area (TPSA) is 25.2 Å². The van der Waals surface area contributed by atoms with Crippen LogP contribution in [-0.2, 0) is 0 Å². The minimum Gasteiger partial charge on any atom is -0.469 e. The Labute approximate surface area is 86.0 Å². The van der Waals surface area contributed by atoms with Gasteiger partial charge in [-0.25, -0.2) is 0 Å². The van der Waals surface area contributed by atoms with Crippen molar-refractivity contribution >= 4 is 0 Å². The van der Waals surface area contributed by atoms with Crippen molar-refractivity contribution in [2.75, 3.05) is 6.54 Å². The van der Waals surface area contributed by atoms with Gasteiger partial charge in [-0.3, -0.25) is 0 Å². The van der Waals surface area contributed by atoms with Gasteiger partial charge >= 0.3 is 0 Å². The van der Waals surface area contributed by atoms with Gasteiger partial charge in [0.1, 0.15) is 5.76 Å². The van der Waals surface area contributed by atoms with Gasteiger partial charge in [-0.1, -0.05) is 18.6 Å². The molecule has 2 heteroatoms. The van der Waals surface area contributed by atoms with Crippen molar-refractivity contribution in [3.05, 3.63) is 35.3 Å². The van der Waals surface area contributed by atoms with Crippen molar-refractivity contribution in [3.63, 3.8) is 0 Å². The molecule has 2 nitrogen and oxygen atoms in total. The van der Waals surface area contributed by atoms with E-state index in [1.165, 1.54) is 11.1 Å². The van der Waals surface area contributed by atoms with E-state index in [2.05, 4.69) is 32.2 Å². The molecule has 0 spiro atoms. The average Bonchev–Trinajstić information content (AvgIpc) is 2.50. The van der Waals surface area contributed by atoms with Crippen LogP contribution in [0.1, 0.15) is 38.1 Å². The fraction of sp³-hybridized carbons (Fsp3) is 0.500. The first-order valence-corrected chi connectivity index (χ1v) is 5.07. The van der Waals surface area contributed by atoms with Gasteiger partial charge in [-0.2, -0.15) is 0 Å². The van der Waals surface area contributed by atoms with Crippen molar-refractivity contribution in [1.29, 1.82) is 0 Å². The van der Waals surface area contributed by atoms with Gasteiger partial charge in [0.05, 0.1) is 12.3 Å². The Kier molecular flexibility index (Phi) is 3.96. The monoisotopic (exact) mass is 193 g/mol. The zero-order valence-corrected chi connectivity index (χ0v) is 9.42. The van der Waals surface area contributed by atoms with E-state index in [0.29, 0.717) is 0 Å². The van der Waals surface area contributed by atoms with Crippen LogP contribution in [-0.4, -0.2) is 6.54 Å². The van der Waals surface area contributed by atoms with E-state index >= 15 is 0 Å². The molecule has 0 aliphatic carbocycles. The summed E-state index contributed by atoms with van der Waals surface area (Å²) < 4.78 is 5.30. The van der Waals surface area contributed by atoms with Crippen LogP contribution in [0.15, 0.2) is 28.4 Å². The minimum absolute atomic E-state index is 0.281. The lowest BCUT2D eigenvalue weighted by Gasteiger charge is -2.13. The Morgan fingerprint density at radius 2 is 2.29 bits per heavy atom. The van der Waals surface area contributed by atoms with Gasteiger partial charge in [0, 0.05) is 5.56 Å². The Morgan fingerprint density at radius 1 is 1.57 bits per heavy atom. The molecular weight excluding hydrogens is 174 g/mol. The van der Waals surface area contributed by atoms with Crippen LogP contribution < -0.4 is 5.32 Å². The molecule has 1 aromatic rings. The molecule has 0 aromatic carbocycles. The predicted molar refractivity (Wildman–Crippen MR) is 59.3 cm³/mol. The van der Waals surface area contributed by atoms with E-state index in [4.69, 9.17) is 4.42 Å². The third kappa shape index (κ3) is 2.74. The normalized spacial score (nSPS) is 12.6. The lowest BCUT2D eigenvalue weighted by Crippen LogP contribution is -2.19. The van der Waals surface area contributed by atoms with E-state index in [1.807, 2.05) is 13.0 Å². The van der Waals surface area contributed by atoms with E-state index < -0.39 is 0 Å². The zero-order valence-electron chi connectivity index (χ0n) is 9.42. The van der Waals surface area contributed by atoms with Crippen LogP contribution in [0.5, 0.6) is 0 Å². The molecule has 0 fully saturated rings. The highest BCUT2D eigenvalue weighted by Gasteiger charge is 2.11. The summed E-state index contributed by atoms with van der Waals surface area (Å²) in [6.45, 7) is 9.29. The van der Waals surface area contributed by atoms with Crippen LogP contribution in [0.25, 0.3) is 0 Å². The zero-order chi connectivity index (χ0) is 10.6. The van der Waals surface area contributed by atoms with Crippen LogP contribution in [0.3, 0.4) is 0 Å². The molecule has 1 rings (SSSR count). The minimum atomic E-state index is 0.281. The Hall–Kier alpha value is -1.02. The molecule has 0 bridgehead atoms. The van der Waals surface area contributed by atoms with Crippen molar-refractivity contribution in [3.8, 4) is 0 Å². The number of likely N-dealkylation sites (N-methyl/N-ethyl adjacent to an activating group) is 1. The summed E-state index contributed by atoms with van der Waals surface area (Å²) in [4.78, 5) is 0. The summed E-state index contributed by atoms with van der Waals surface area (Å²) in [5.74, 6) is 0.994. The van der Waals surface area contributed by atoms with Gasteiger partial charge in [-0.05, 0) is 33.4 Å². The number of allylic oxidation sites excluding steroid dienone is 1. The highest BCUT2D eigenvalue weighted by Crippen LogP contribution is 2.20. The van der Waals surface area contributed by atoms with Crippen LogP contribution in [0.4, 0.5) is 0 Å². The second-order valence-electron chi connectivity index (χ2n) is 3.71. The van der Waals surface area contributed by atoms with Gasteiger partial charge in [0.25, 0.3) is 0 Å². The summed E-state index contributed by atoms with van der Waals surface area (Å²) in [5, 5.41) is 3.42. The summed E-state index contributed by atoms with van der Waals surface area (Å²) in [6.07, 6.45) is 3.97. The maximum Gasteiger partial charge on any atom is 0.105 e. The summed E-state index contributed by atoms with van der Waals surface area (Å²) in [5.41, 5.74) is 2.55. The predicted octanol–water partition coefficient (Wildman–Crippen LogP) is 3.20. The number of aryl methyl sites for hydroxylation is 1. The van der Waals surface area contributed by atoms with Gasteiger partial charge in [0.2, 0.25) is 0 Å². The molecule has 0 radical (unpaired) electrons. The quantitative estimate of drug-likeness (QED) is 0.743. The summed E-state index contributed by atoms with van der Waals surface area (Å²) in [6, 6.07) is 2.31. The van der Waals surface area contributed by atoms with Crippen LogP contribution in [0, 0.1) is 6.92 Å². The first-order valence-electron chi connectivity index (χ1n) is 5.07. The number of nitrogens with one attached hydrogen (secondary N) is 1. The number of hydrogen-bond acceptors (Lipinski definition) is 2. The van der Waals surface area contributed by atoms with E-state index in [-0.39, 0.29) is 6.04 Å². The fourth-order valence-electron chi connectivity index (χ4n) is 1.53. The second-order valence-corrected chi connectivity index (χ2v) is 3.71. The third-order valence-corrected chi connectivity index (χ3v) is 2.16. The van der Waals surface area contributed by atoms with E-state index in [9.17, 15) is 0 Å². The van der Waals surface area contributed by atoms with Gasteiger partial charge in [0.15, 0.2) is 0 Å². The highest BCUT2D eigenvalue weighted by molar-refractivity contribution is 5.25. The van der Waals surface area contributed by atoms with Crippen LogP contribution in [0.2, 0.25) is 0 Å². The van der Waals surface area contributed by atoms with Crippen molar-refractivity contribution in [1.82, 2.24) is 5.32 Å².